The fourth-order valence-electron chi connectivity index (χ4n) is 4.17. The van der Waals surface area contributed by atoms with E-state index in [4.69, 9.17) is 10.6 Å². The highest BCUT2D eigenvalue weighted by molar-refractivity contribution is 5.96. The van der Waals surface area contributed by atoms with Crippen LogP contribution in [0.25, 0.3) is 17.2 Å². The number of carbonyl (C=O) groups is 2. The number of likely N-dealkylation sites (tertiary alicyclic amines) is 1. The van der Waals surface area contributed by atoms with Gasteiger partial charge in [-0.15, -0.1) is 5.11 Å². The highest BCUT2D eigenvalue weighted by Gasteiger charge is 2.23. The van der Waals surface area contributed by atoms with E-state index in [1.165, 1.54) is 0 Å². The summed E-state index contributed by atoms with van der Waals surface area (Å²) in [6.07, 6.45) is 3.58. The molecule has 2 heterocycles. The molecule has 172 valence electrons. The molecule has 0 aliphatic carbocycles. The second kappa shape index (κ2) is 9.85. The van der Waals surface area contributed by atoms with Gasteiger partial charge in [-0.25, -0.2) is 4.79 Å². The minimum absolute atomic E-state index is 0.0847. The van der Waals surface area contributed by atoms with Crippen LogP contribution >= 0.6 is 0 Å². The van der Waals surface area contributed by atoms with Crippen LogP contribution in [-0.2, 0) is 9.53 Å². The lowest BCUT2D eigenvalue weighted by Gasteiger charge is -2.16. The van der Waals surface area contributed by atoms with Gasteiger partial charge < -0.3 is 20.8 Å². The van der Waals surface area contributed by atoms with E-state index in [1.54, 1.807) is 0 Å². The molecule has 1 saturated heterocycles. The van der Waals surface area contributed by atoms with Crippen molar-refractivity contribution in [2.24, 2.45) is 16.2 Å². The van der Waals surface area contributed by atoms with Gasteiger partial charge in [-0.1, -0.05) is 23.4 Å². The molecule has 0 radical (unpaired) electrons. The van der Waals surface area contributed by atoms with Crippen molar-refractivity contribution in [3.8, 4) is 11.1 Å². The smallest absolute Gasteiger partial charge is 0.334 e. The number of hydrogen-bond donors (Lipinski definition) is 2. The molecule has 1 atom stereocenters. The average Bonchev–Trinajstić information content (AvgIpc) is 3.27. The number of esters is 1. The summed E-state index contributed by atoms with van der Waals surface area (Å²) in [5, 5.41) is 10.7. The standard InChI is InChI=1S/C25H29N5O3/c1-16(2)33-25(32)21-14-20-13-19(9-10-22(20)27-23(15-21)28-29-26)17-5-7-18(8-6-17)24(31)30-11-3-4-12-30/h5-10,13-14,16,23,27H,3-4,11-12,15H2,1-2H3,(H2,26,28). The number of amides is 1. The van der Waals surface area contributed by atoms with Gasteiger partial charge in [-0.2, -0.15) is 0 Å². The Morgan fingerprint density at radius 3 is 2.45 bits per heavy atom. The van der Waals surface area contributed by atoms with Crippen LogP contribution in [0.3, 0.4) is 0 Å². The number of ether oxygens (including phenoxy) is 1. The molecule has 0 bridgehead atoms. The van der Waals surface area contributed by atoms with E-state index in [2.05, 4.69) is 15.7 Å². The number of nitrogens with one attached hydrogen (secondary N) is 1. The number of hydrogen-bond acceptors (Lipinski definition) is 6. The predicted octanol–water partition coefficient (Wildman–Crippen LogP) is 4.39. The van der Waals surface area contributed by atoms with Crippen LogP contribution in [0.1, 0.15) is 49.0 Å². The van der Waals surface area contributed by atoms with Crippen molar-refractivity contribution >= 4 is 23.6 Å². The molecule has 1 amide bonds. The molecule has 8 nitrogen and oxygen atoms in total. The van der Waals surface area contributed by atoms with Gasteiger partial charge in [0.2, 0.25) is 0 Å². The monoisotopic (exact) mass is 447 g/mol. The molecular formula is C25H29N5O3. The molecule has 33 heavy (non-hydrogen) atoms. The number of fused-ring (bicyclic) bond motifs is 1. The van der Waals surface area contributed by atoms with Gasteiger partial charge in [-0.3, -0.25) is 4.79 Å². The van der Waals surface area contributed by atoms with Crippen molar-refractivity contribution in [2.75, 3.05) is 18.4 Å². The Bertz CT molecular complexity index is 1090. The molecule has 8 heteroatoms. The summed E-state index contributed by atoms with van der Waals surface area (Å²) in [5.74, 6) is 4.96. The average molecular weight is 448 g/mol. The van der Waals surface area contributed by atoms with Gasteiger partial charge in [0.05, 0.1) is 6.10 Å². The van der Waals surface area contributed by atoms with Crippen LogP contribution in [0.5, 0.6) is 0 Å². The Labute approximate surface area is 193 Å². The Morgan fingerprint density at radius 2 is 1.79 bits per heavy atom. The van der Waals surface area contributed by atoms with E-state index in [0.717, 1.165) is 48.3 Å². The zero-order chi connectivity index (χ0) is 23.4. The molecule has 0 saturated carbocycles. The lowest BCUT2D eigenvalue weighted by Crippen LogP contribution is -2.27. The number of rotatable bonds is 5. The number of anilines is 1. The topological polar surface area (TPSA) is 109 Å². The lowest BCUT2D eigenvalue weighted by molar-refractivity contribution is -0.142. The maximum atomic E-state index is 12.6. The van der Waals surface area contributed by atoms with Crippen LogP contribution < -0.4 is 11.2 Å². The largest absolute Gasteiger partial charge is 0.460 e. The summed E-state index contributed by atoms with van der Waals surface area (Å²) in [6, 6.07) is 13.6. The van der Waals surface area contributed by atoms with E-state index in [-0.39, 0.29) is 18.0 Å². The normalized spacial score (nSPS) is 18.0. The van der Waals surface area contributed by atoms with E-state index < -0.39 is 6.17 Å². The van der Waals surface area contributed by atoms with Gasteiger partial charge in [0.1, 0.15) is 6.17 Å². The molecule has 0 spiro atoms. The Balaban J connectivity index is 1.63. The first-order valence-electron chi connectivity index (χ1n) is 11.3. The first-order valence-corrected chi connectivity index (χ1v) is 11.3. The van der Waals surface area contributed by atoms with Crippen LogP contribution in [0.4, 0.5) is 5.69 Å². The van der Waals surface area contributed by atoms with Crippen LogP contribution in [0.15, 0.2) is 58.4 Å². The summed E-state index contributed by atoms with van der Waals surface area (Å²) in [7, 11) is 0. The molecule has 0 aromatic heterocycles. The maximum absolute atomic E-state index is 12.6. The molecule has 4 rings (SSSR count). The van der Waals surface area contributed by atoms with Gasteiger partial charge >= 0.3 is 5.97 Å². The zero-order valence-electron chi connectivity index (χ0n) is 19.0. The number of nitrogens with zero attached hydrogens (tertiary/aromatic N) is 3. The summed E-state index contributed by atoms with van der Waals surface area (Å²) in [4.78, 5) is 27.2. The summed E-state index contributed by atoms with van der Waals surface area (Å²) in [5.41, 5.74) is 4.82. The summed E-state index contributed by atoms with van der Waals surface area (Å²) in [6.45, 7) is 5.29. The molecule has 2 aromatic rings. The Kier molecular flexibility index (Phi) is 6.72. The molecule has 1 unspecified atom stereocenters. The zero-order valence-corrected chi connectivity index (χ0v) is 19.0. The first kappa shape index (κ1) is 22.5. The van der Waals surface area contributed by atoms with Gasteiger partial charge in [0, 0.05) is 36.3 Å². The fourth-order valence-corrected chi connectivity index (χ4v) is 4.17. The summed E-state index contributed by atoms with van der Waals surface area (Å²) >= 11 is 0. The molecule has 2 aromatic carbocycles. The van der Waals surface area contributed by atoms with E-state index in [9.17, 15) is 9.59 Å². The Hall–Kier alpha value is -3.68. The highest BCUT2D eigenvalue weighted by Crippen LogP contribution is 2.32. The summed E-state index contributed by atoms with van der Waals surface area (Å²) < 4.78 is 5.40. The maximum Gasteiger partial charge on any atom is 0.334 e. The second-order valence-corrected chi connectivity index (χ2v) is 8.60. The first-order chi connectivity index (χ1) is 15.9. The highest BCUT2D eigenvalue weighted by atomic mass is 16.5. The van der Waals surface area contributed by atoms with Crippen molar-refractivity contribution in [3.63, 3.8) is 0 Å². The molecule has 1 fully saturated rings. The fraction of sp³-hybridized carbons (Fsp3) is 0.360. The van der Waals surface area contributed by atoms with E-state index >= 15 is 0 Å². The van der Waals surface area contributed by atoms with Crippen molar-refractivity contribution in [1.29, 1.82) is 0 Å². The number of nitrogens with two attached hydrogens (primary N) is 1. The third kappa shape index (κ3) is 5.22. The molecule has 2 aliphatic heterocycles. The van der Waals surface area contributed by atoms with Crippen LogP contribution in [0, 0.1) is 0 Å². The lowest BCUT2D eigenvalue weighted by atomic mass is 9.99. The van der Waals surface area contributed by atoms with Crippen molar-refractivity contribution in [1.82, 2.24) is 4.90 Å². The third-order valence-corrected chi connectivity index (χ3v) is 5.79. The van der Waals surface area contributed by atoms with Crippen molar-refractivity contribution < 1.29 is 14.3 Å². The van der Waals surface area contributed by atoms with Crippen molar-refractivity contribution in [2.45, 2.75) is 45.4 Å². The molecule has 2 aliphatic rings. The van der Waals surface area contributed by atoms with Crippen LogP contribution in [0.2, 0.25) is 0 Å². The van der Waals surface area contributed by atoms with Gasteiger partial charge in [0.25, 0.3) is 5.91 Å². The van der Waals surface area contributed by atoms with E-state index in [1.807, 2.05) is 67.3 Å². The third-order valence-electron chi connectivity index (χ3n) is 5.79. The van der Waals surface area contributed by atoms with Crippen molar-refractivity contribution in [3.05, 3.63) is 59.2 Å². The SMILES string of the molecule is CC(C)OC(=O)C1=Cc2cc(-c3ccc(C(=O)N4CCCC4)cc3)ccc2NC(N=NN)C1. The minimum atomic E-state index is -0.469. The van der Waals surface area contributed by atoms with Gasteiger partial charge in [0.15, 0.2) is 0 Å². The second-order valence-electron chi connectivity index (χ2n) is 8.60. The molecular weight excluding hydrogens is 418 g/mol. The number of carbonyl (C=O) groups excluding carboxylic acids is 2. The van der Waals surface area contributed by atoms with Crippen LogP contribution in [-0.4, -0.2) is 42.1 Å². The number of benzene rings is 2. The predicted molar refractivity (Wildman–Crippen MR) is 127 cm³/mol. The quantitative estimate of drug-likeness (QED) is 0.306. The Morgan fingerprint density at radius 1 is 1.09 bits per heavy atom. The van der Waals surface area contributed by atoms with E-state index in [0.29, 0.717) is 17.6 Å². The minimum Gasteiger partial charge on any atom is -0.460 e. The van der Waals surface area contributed by atoms with Gasteiger partial charge in [-0.05, 0) is 73.7 Å². The molecule has 3 N–H and O–H groups in total.